The van der Waals surface area contributed by atoms with E-state index in [1.807, 2.05) is 50.2 Å². The fourth-order valence-corrected chi connectivity index (χ4v) is 5.96. The molecule has 2 aromatic carbocycles. The smallest absolute Gasteiger partial charge is 0.266 e. The van der Waals surface area contributed by atoms with Crippen molar-refractivity contribution in [3.63, 3.8) is 0 Å². The van der Waals surface area contributed by atoms with Crippen LogP contribution in [0.1, 0.15) is 63.1 Å². The van der Waals surface area contributed by atoms with Crippen molar-refractivity contribution in [2.45, 2.75) is 59.3 Å². The molecule has 1 aromatic heterocycles. The largest absolute Gasteiger partial charge is 0.481 e. The third-order valence-corrected chi connectivity index (χ3v) is 8.57. The average Bonchev–Trinajstić information content (AvgIpc) is 3.55. The molecule has 5 rings (SSSR count). The Morgan fingerprint density at radius 3 is 2.42 bits per heavy atom. The maximum Gasteiger partial charge on any atom is 0.266 e. The molecule has 0 saturated carbocycles. The van der Waals surface area contributed by atoms with Gasteiger partial charge in [-0.1, -0.05) is 76.2 Å². The Morgan fingerprint density at radius 2 is 1.76 bits per heavy atom. The molecule has 8 nitrogen and oxygen atoms in total. The number of aryl methyl sites for hydroxylation is 1. The number of aromatic nitrogens is 1. The molecular weight excluding hydrogens is 586 g/mol. The Labute approximate surface area is 272 Å². The second-order valence-corrected chi connectivity index (χ2v) is 11.0. The molecule has 1 atom stereocenters. The minimum Gasteiger partial charge on any atom is -0.481 e. The number of fused-ring (bicyclic) bond motifs is 1. The number of amides is 2. The summed E-state index contributed by atoms with van der Waals surface area (Å²) in [6, 6.07) is 13.9. The van der Waals surface area contributed by atoms with Gasteiger partial charge < -0.3 is 20.7 Å². The van der Waals surface area contributed by atoms with Gasteiger partial charge in [-0.25, -0.2) is 4.98 Å². The highest BCUT2D eigenvalue weighted by molar-refractivity contribution is 6.36. The monoisotopic (exact) mass is 631 g/mol. The Balaban J connectivity index is 0.00000133. The third-order valence-electron chi connectivity index (χ3n) is 8.17. The van der Waals surface area contributed by atoms with Gasteiger partial charge in [-0.05, 0) is 67.5 Å². The number of benzene rings is 2. The summed E-state index contributed by atoms with van der Waals surface area (Å²) < 4.78 is 5.63. The Morgan fingerprint density at radius 1 is 1.11 bits per heavy atom. The second kappa shape index (κ2) is 15.7. The first-order valence-electron chi connectivity index (χ1n) is 15.5. The van der Waals surface area contributed by atoms with E-state index in [2.05, 4.69) is 37.5 Å². The van der Waals surface area contributed by atoms with E-state index in [0.29, 0.717) is 22.4 Å². The van der Waals surface area contributed by atoms with Gasteiger partial charge in [-0.2, -0.15) is 0 Å². The summed E-state index contributed by atoms with van der Waals surface area (Å²) >= 11 is 7.15. The molecule has 3 N–H and O–H groups in total. The number of nitrogens with zero attached hydrogens (tertiary/aromatic N) is 3. The second-order valence-electron chi connectivity index (χ2n) is 10.6. The lowest BCUT2D eigenvalue weighted by atomic mass is 9.87. The number of halogens is 1. The molecule has 1 aliphatic heterocycles. The molecular formula is C36H46ClN5O3. The predicted octanol–water partition coefficient (Wildman–Crippen LogP) is 7.38. The zero-order chi connectivity index (χ0) is 33.4. The number of nitrogens with two attached hydrogens (primary N) is 1. The molecule has 9 heteroatoms. The topological polar surface area (TPSA) is 101 Å². The first kappa shape index (κ1) is 35.3. The van der Waals surface area contributed by atoms with Crippen LogP contribution in [0.2, 0.25) is 5.02 Å². The lowest BCUT2D eigenvalue weighted by Crippen LogP contribution is -2.41. The third kappa shape index (κ3) is 7.08. The Bertz CT molecular complexity index is 1600. The van der Waals surface area contributed by atoms with Crippen molar-refractivity contribution < 1.29 is 14.3 Å². The summed E-state index contributed by atoms with van der Waals surface area (Å²) in [5.74, 6) is 0.379. The Hall–Kier alpha value is -4.14. The number of hydrogen-bond acceptors (Lipinski definition) is 6. The Kier molecular flexibility index (Phi) is 12.4. The van der Waals surface area contributed by atoms with Crippen molar-refractivity contribution in [3.8, 4) is 28.3 Å². The minimum absolute atomic E-state index is 0.0413. The summed E-state index contributed by atoms with van der Waals surface area (Å²) in [6.45, 7) is 12.1. The summed E-state index contributed by atoms with van der Waals surface area (Å²) in [7, 11) is 6.52. The van der Waals surface area contributed by atoms with Crippen LogP contribution in [-0.4, -0.2) is 54.9 Å². The van der Waals surface area contributed by atoms with E-state index in [1.165, 1.54) is 29.3 Å². The number of pyridine rings is 1. The molecule has 0 radical (unpaired) electrons. The standard InChI is InChI=1S/C33H35ClN4O3.C2H6.CH5N/c1-7-19(2)29-23(13-10-16-27(29)35-31(39)26-18-37(4)20(3)38(5)33(26)40)24-14-9-15-25(30(24)34)28-17-21-11-8-12-22(21)32(36-28)41-6;2*1-2/h9-10,13-19H,3,7-8,11-12H2,1-2,4-6H3,(H,35,39);1-2H3;2H2,1H3. The van der Waals surface area contributed by atoms with Gasteiger partial charge in [0.2, 0.25) is 5.88 Å². The fourth-order valence-electron chi connectivity index (χ4n) is 5.64. The van der Waals surface area contributed by atoms with Crippen molar-refractivity contribution in [2.75, 3.05) is 33.6 Å². The maximum atomic E-state index is 13.4. The van der Waals surface area contributed by atoms with Crippen LogP contribution in [0, 0.1) is 0 Å². The average molecular weight is 632 g/mol. The zero-order valence-electron chi connectivity index (χ0n) is 27.8. The van der Waals surface area contributed by atoms with Crippen molar-refractivity contribution in [1.29, 1.82) is 0 Å². The number of carbonyl (C=O) groups is 2. The van der Waals surface area contributed by atoms with Gasteiger partial charge in [0, 0.05) is 42.7 Å². The number of rotatable bonds is 7. The highest BCUT2D eigenvalue weighted by Crippen LogP contribution is 2.43. The number of likely N-dealkylation sites (N-methyl/N-ethyl adjacent to an activating group) is 1. The highest BCUT2D eigenvalue weighted by Gasteiger charge is 2.30. The number of carbonyl (C=O) groups excluding carboxylic acids is 2. The van der Waals surface area contributed by atoms with Gasteiger partial charge >= 0.3 is 0 Å². The van der Waals surface area contributed by atoms with Gasteiger partial charge in [0.1, 0.15) is 11.4 Å². The van der Waals surface area contributed by atoms with Crippen LogP contribution in [0.3, 0.4) is 0 Å². The summed E-state index contributed by atoms with van der Waals surface area (Å²) in [4.78, 5) is 34.2. The number of nitrogens with one attached hydrogen (secondary N) is 1. The molecule has 45 heavy (non-hydrogen) atoms. The summed E-state index contributed by atoms with van der Waals surface area (Å²) in [5.41, 5.74) is 11.9. The molecule has 0 spiro atoms. The molecule has 1 aliphatic carbocycles. The van der Waals surface area contributed by atoms with Crippen LogP contribution in [0.4, 0.5) is 5.69 Å². The van der Waals surface area contributed by atoms with E-state index in [-0.39, 0.29) is 11.5 Å². The maximum absolute atomic E-state index is 13.4. The van der Waals surface area contributed by atoms with E-state index < -0.39 is 11.8 Å². The van der Waals surface area contributed by atoms with E-state index >= 15 is 0 Å². The molecule has 2 aliphatic rings. The normalized spacial score (nSPS) is 14.4. The lowest BCUT2D eigenvalue weighted by molar-refractivity contribution is -0.128. The number of anilines is 1. The lowest BCUT2D eigenvalue weighted by Gasteiger charge is -2.32. The molecule has 0 bridgehead atoms. The van der Waals surface area contributed by atoms with Crippen LogP contribution in [0.15, 0.2) is 66.6 Å². The van der Waals surface area contributed by atoms with Gasteiger partial charge in [0.05, 0.1) is 17.8 Å². The molecule has 0 saturated heterocycles. The zero-order valence-corrected chi connectivity index (χ0v) is 28.5. The molecule has 3 aromatic rings. The van der Waals surface area contributed by atoms with Crippen LogP contribution < -0.4 is 15.8 Å². The van der Waals surface area contributed by atoms with Gasteiger partial charge in [0.15, 0.2) is 0 Å². The summed E-state index contributed by atoms with van der Waals surface area (Å²) in [6.07, 6.45) is 5.42. The molecule has 1 unspecified atom stereocenters. The van der Waals surface area contributed by atoms with E-state index in [4.69, 9.17) is 21.3 Å². The highest BCUT2D eigenvalue weighted by atomic mass is 35.5. The van der Waals surface area contributed by atoms with Crippen LogP contribution in [-0.2, 0) is 22.4 Å². The molecule has 240 valence electrons. The molecule has 0 fully saturated rings. The fraction of sp³-hybridized carbons (Fsp3) is 0.361. The first-order valence-corrected chi connectivity index (χ1v) is 15.8. The van der Waals surface area contributed by atoms with Crippen molar-refractivity contribution in [2.24, 2.45) is 5.73 Å². The molecule has 2 amide bonds. The van der Waals surface area contributed by atoms with Gasteiger partial charge in [-0.15, -0.1) is 0 Å². The van der Waals surface area contributed by atoms with Crippen molar-refractivity contribution in [3.05, 3.63) is 88.4 Å². The van der Waals surface area contributed by atoms with Crippen molar-refractivity contribution in [1.82, 2.24) is 14.8 Å². The number of ether oxygens (including phenoxy) is 1. The molecule has 2 heterocycles. The minimum atomic E-state index is -0.475. The number of hydrogen-bond donors (Lipinski definition) is 2. The van der Waals surface area contributed by atoms with Crippen molar-refractivity contribution >= 4 is 29.1 Å². The first-order chi connectivity index (χ1) is 21.7. The quantitative estimate of drug-likeness (QED) is 0.264. The van der Waals surface area contributed by atoms with E-state index in [9.17, 15) is 9.59 Å². The summed E-state index contributed by atoms with van der Waals surface area (Å²) in [5, 5.41) is 3.60. The van der Waals surface area contributed by atoms with Gasteiger partial charge in [0.25, 0.3) is 11.8 Å². The van der Waals surface area contributed by atoms with E-state index in [0.717, 1.165) is 53.6 Å². The van der Waals surface area contributed by atoms with E-state index in [1.54, 1.807) is 26.1 Å². The van der Waals surface area contributed by atoms with Crippen LogP contribution in [0.5, 0.6) is 5.88 Å². The predicted molar refractivity (Wildman–Crippen MR) is 185 cm³/mol. The van der Waals surface area contributed by atoms with Crippen LogP contribution in [0.25, 0.3) is 22.4 Å². The SMILES string of the molecule is C=C1N(C)C=C(C(=O)Nc2cccc(-c3cccc(-c4cc5c(c(OC)n4)CCC5)c3Cl)c2C(C)CC)C(=O)N1C.CC.CN. The number of methoxy groups -OCH3 is 1. The van der Waals surface area contributed by atoms with Gasteiger partial charge in [-0.3, -0.25) is 14.5 Å². The van der Waals surface area contributed by atoms with Crippen LogP contribution >= 0.6 is 11.6 Å².